The van der Waals surface area contributed by atoms with Crippen LogP contribution in [0.1, 0.15) is 15.9 Å². The lowest BCUT2D eigenvalue weighted by molar-refractivity contribution is -0.255. The number of carbonyl (C=O) groups excluding carboxylic acids is 3. The molecule has 1 heterocycles. The lowest BCUT2D eigenvalue weighted by Crippen LogP contribution is -2.28. The Labute approximate surface area is 119 Å². The van der Waals surface area contributed by atoms with Gasteiger partial charge in [0, 0.05) is 0 Å². The second-order valence-electron chi connectivity index (χ2n) is 3.88. The summed E-state index contributed by atoms with van der Waals surface area (Å²) in [4.78, 5) is 35.3. The van der Waals surface area contributed by atoms with Gasteiger partial charge in [-0.1, -0.05) is 30.2 Å². The predicted molar refractivity (Wildman–Crippen MR) is 72.3 cm³/mol. The average Bonchev–Trinajstić information content (AvgIpc) is 2.67. The van der Waals surface area contributed by atoms with E-state index in [0.717, 1.165) is 16.7 Å². The summed E-state index contributed by atoms with van der Waals surface area (Å²) < 4.78 is 0. The van der Waals surface area contributed by atoms with Gasteiger partial charge in [0.15, 0.2) is 0 Å². The van der Waals surface area contributed by atoms with Crippen molar-refractivity contribution in [1.82, 2.24) is 4.90 Å². The number of amides is 2. The number of carbonyl (C=O) groups is 3. The van der Waals surface area contributed by atoms with E-state index < -0.39 is 17.1 Å². The molecule has 1 aromatic rings. The van der Waals surface area contributed by atoms with E-state index in [1.165, 1.54) is 30.3 Å². The molecule has 0 aliphatic carbocycles. The van der Waals surface area contributed by atoms with Crippen molar-refractivity contribution in [2.24, 2.45) is 0 Å². The van der Waals surface area contributed by atoms with Gasteiger partial charge in [0.25, 0.3) is 11.1 Å². The normalized spacial score (nSPS) is 16.6. The number of aromatic carboxylic acids is 1. The molecule has 0 saturated carbocycles. The smallest absolute Gasteiger partial charge is 0.294 e. The van der Waals surface area contributed by atoms with Crippen LogP contribution in [-0.2, 0) is 4.79 Å². The molecule has 1 aliphatic rings. The lowest BCUT2D eigenvalue weighted by atomic mass is 10.1. The molecule has 1 saturated heterocycles. The summed E-state index contributed by atoms with van der Waals surface area (Å²) in [5.74, 6) is 0.531. The van der Waals surface area contributed by atoms with E-state index in [1.54, 1.807) is 0 Å². The van der Waals surface area contributed by atoms with Crippen molar-refractivity contribution in [1.29, 1.82) is 0 Å². The molecule has 2 amide bonds. The first kappa shape index (κ1) is 13.9. The predicted octanol–water partition coefficient (Wildman–Crippen LogP) is 0.720. The first-order chi connectivity index (χ1) is 9.52. The summed E-state index contributed by atoms with van der Waals surface area (Å²) in [6.45, 7) is -0.0639. The van der Waals surface area contributed by atoms with Gasteiger partial charge in [-0.3, -0.25) is 14.5 Å². The van der Waals surface area contributed by atoms with E-state index in [4.69, 9.17) is 6.42 Å². The maximum Gasteiger partial charge on any atom is 0.294 e. The number of carboxylic acid groups (broad SMARTS) is 1. The van der Waals surface area contributed by atoms with Crippen LogP contribution in [0.5, 0.6) is 0 Å². The Balaban J connectivity index is 2.24. The number of imide groups is 1. The van der Waals surface area contributed by atoms with Gasteiger partial charge in [0.05, 0.1) is 17.4 Å². The first-order valence-corrected chi connectivity index (χ1v) is 6.35. The summed E-state index contributed by atoms with van der Waals surface area (Å²) in [6, 6.07) is 5.79. The summed E-state index contributed by atoms with van der Waals surface area (Å²) in [7, 11) is 0. The van der Waals surface area contributed by atoms with Gasteiger partial charge in [-0.2, -0.15) is 0 Å². The van der Waals surface area contributed by atoms with Crippen LogP contribution in [0.15, 0.2) is 29.2 Å². The van der Waals surface area contributed by atoms with Gasteiger partial charge in [0.2, 0.25) is 0 Å². The van der Waals surface area contributed by atoms with Crippen LogP contribution < -0.4 is 5.11 Å². The van der Waals surface area contributed by atoms with Crippen LogP contribution in [0.2, 0.25) is 0 Å². The molecule has 0 N–H and O–H groups in total. The Morgan fingerprint density at radius 1 is 1.35 bits per heavy atom. The monoisotopic (exact) mass is 286 g/mol. The maximum absolute atomic E-state index is 11.9. The van der Waals surface area contributed by atoms with Crippen molar-refractivity contribution in [2.45, 2.75) is 0 Å². The molecule has 0 atom stereocenters. The lowest BCUT2D eigenvalue weighted by Gasteiger charge is -2.06. The van der Waals surface area contributed by atoms with Crippen LogP contribution in [0.3, 0.4) is 0 Å². The van der Waals surface area contributed by atoms with Crippen molar-refractivity contribution >= 4 is 35.0 Å². The highest BCUT2D eigenvalue weighted by atomic mass is 32.2. The molecule has 20 heavy (non-hydrogen) atoms. The third-order valence-electron chi connectivity index (χ3n) is 2.57. The summed E-state index contributed by atoms with van der Waals surface area (Å²) in [5, 5.41) is 10.2. The number of nitrogens with zero attached hydrogens (tertiary/aromatic N) is 1. The Hall–Kier alpha value is -2.52. The van der Waals surface area contributed by atoms with Gasteiger partial charge in [-0.15, -0.1) is 6.42 Å². The van der Waals surface area contributed by atoms with Crippen LogP contribution in [0, 0.1) is 12.3 Å². The van der Waals surface area contributed by atoms with E-state index in [1.807, 2.05) is 0 Å². The van der Waals surface area contributed by atoms with Crippen molar-refractivity contribution in [3.8, 4) is 12.3 Å². The fourth-order valence-corrected chi connectivity index (χ4v) is 2.43. The van der Waals surface area contributed by atoms with Crippen LogP contribution >= 0.6 is 11.8 Å². The number of rotatable bonds is 3. The molecule has 0 spiro atoms. The molecule has 1 aliphatic heterocycles. The second kappa shape index (κ2) is 5.63. The number of benzene rings is 1. The van der Waals surface area contributed by atoms with Gasteiger partial charge < -0.3 is 9.90 Å². The SMILES string of the molecule is C#CCN1C(=O)SC(=Cc2ccc(C(=O)[O-])cc2)C1=O. The zero-order chi connectivity index (χ0) is 14.7. The summed E-state index contributed by atoms with van der Waals surface area (Å²) >= 11 is 0.801. The number of carboxylic acids is 1. The topological polar surface area (TPSA) is 77.5 Å². The molecule has 5 nitrogen and oxygen atoms in total. The molecule has 2 rings (SSSR count). The molecule has 0 aromatic heterocycles. The average molecular weight is 286 g/mol. The highest BCUT2D eigenvalue weighted by molar-refractivity contribution is 8.18. The second-order valence-corrected chi connectivity index (χ2v) is 4.87. The quantitative estimate of drug-likeness (QED) is 0.604. The highest BCUT2D eigenvalue weighted by Gasteiger charge is 2.34. The van der Waals surface area contributed by atoms with E-state index in [2.05, 4.69) is 5.92 Å². The first-order valence-electron chi connectivity index (χ1n) is 5.53. The number of terminal acetylenes is 1. The Morgan fingerprint density at radius 3 is 2.55 bits per heavy atom. The molecular weight excluding hydrogens is 278 g/mol. The van der Waals surface area contributed by atoms with E-state index >= 15 is 0 Å². The molecule has 6 heteroatoms. The zero-order valence-electron chi connectivity index (χ0n) is 10.2. The number of thioether (sulfide) groups is 1. The van der Waals surface area contributed by atoms with Gasteiger partial charge >= 0.3 is 0 Å². The standard InChI is InChI=1S/C14H9NO4S/c1-2-7-15-12(16)11(20-14(15)19)8-9-3-5-10(6-4-9)13(17)18/h1,3-6,8H,7H2,(H,17,18)/p-1. The molecule has 100 valence electrons. The van der Waals surface area contributed by atoms with E-state index in [0.29, 0.717) is 5.56 Å². The van der Waals surface area contributed by atoms with Crippen LogP contribution in [0.4, 0.5) is 4.79 Å². The zero-order valence-corrected chi connectivity index (χ0v) is 11.0. The van der Waals surface area contributed by atoms with E-state index in [-0.39, 0.29) is 17.0 Å². The van der Waals surface area contributed by atoms with E-state index in [9.17, 15) is 19.5 Å². The molecule has 0 radical (unpaired) electrons. The number of hydrogen-bond acceptors (Lipinski definition) is 5. The maximum atomic E-state index is 11.9. The minimum Gasteiger partial charge on any atom is -0.545 e. The highest BCUT2D eigenvalue weighted by Crippen LogP contribution is 2.31. The minimum atomic E-state index is -1.27. The number of hydrogen-bond donors (Lipinski definition) is 0. The largest absolute Gasteiger partial charge is 0.545 e. The molecule has 1 fully saturated rings. The van der Waals surface area contributed by atoms with Crippen molar-refractivity contribution in [3.05, 3.63) is 40.3 Å². The third kappa shape index (κ3) is 2.73. The van der Waals surface area contributed by atoms with Gasteiger partial charge in [-0.25, -0.2) is 0 Å². The van der Waals surface area contributed by atoms with Crippen molar-refractivity contribution in [3.63, 3.8) is 0 Å². The summed E-state index contributed by atoms with van der Waals surface area (Å²) in [5.41, 5.74) is 0.656. The molecular formula is C14H8NO4S-. The van der Waals surface area contributed by atoms with Crippen molar-refractivity contribution in [2.75, 3.05) is 6.54 Å². The fourth-order valence-electron chi connectivity index (χ4n) is 1.59. The Kier molecular flexibility index (Phi) is 3.91. The van der Waals surface area contributed by atoms with Crippen molar-refractivity contribution < 1.29 is 19.5 Å². The van der Waals surface area contributed by atoms with Crippen LogP contribution in [0.25, 0.3) is 6.08 Å². The molecule has 0 bridgehead atoms. The Morgan fingerprint density at radius 2 is 2.00 bits per heavy atom. The minimum absolute atomic E-state index is 0.0441. The van der Waals surface area contributed by atoms with Gasteiger partial charge in [0.1, 0.15) is 0 Å². The molecule has 1 aromatic carbocycles. The van der Waals surface area contributed by atoms with Gasteiger partial charge in [-0.05, 0) is 29.0 Å². The molecule has 0 unspecified atom stereocenters. The third-order valence-corrected chi connectivity index (χ3v) is 3.47. The summed E-state index contributed by atoms with van der Waals surface area (Å²) in [6.07, 6.45) is 6.60. The Bertz CT molecular complexity index is 655. The fraction of sp³-hybridized carbons (Fsp3) is 0.0714. The van der Waals surface area contributed by atoms with Crippen LogP contribution in [-0.4, -0.2) is 28.6 Å².